The van der Waals surface area contributed by atoms with Crippen LogP contribution in [0.25, 0.3) is 10.8 Å². The van der Waals surface area contributed by atoms with Crippen molar-refractivity contribution in [2.45, 2.75) is 12.8 Å². The molecule has 2 aromatic carbocycles. The molecule has 1 amide bonds. The van der Waals surface area contributed by atoms with E-state index in [0.29, 0.717) is 0 Å². The third kappa shape index (κ3) is 3.15. The maximum absolute atomic E-state index is 12.4. The zero-order valence-corrected chi connectivity index (χ0v) is 13.5. The Labute approximate surface area is 139 Å². The van der Waals surface area contributed by atoms with Gasteiger partial charge < -0.3 is 15.0 Å². The number of rotatable bonds is 4. The highest BCUT2D eigenvalue weighted by Crippen LogP contribution is 2.25. The van der Waals surface area contributed by atoms with E-state index in [1.807, 2.05) is 43.3 Å². The minimum atomic E-state index is -0.379. The lowest BCUT2D eigenvalue weighted by molar-refractivity contribution is -0.117. The van der Waals surface area contributed by atoms with E-state index in [-0.39, 0.29) is 22.9 Å². The molecular formula is C19H18N2O3. The van der Waals surface area contributed by atoms with Crippen LogP contribution in [0.2, 0.25) is 0 Å². The number of carbonyl (C=O) groups is 1. The first-order valence-electron chi connectivity index (χ1n) is 7.64. The van der Waals surface area contributed by atoms with Crippen molar-refractivity contribution in [2.75, 3.05) is 12.4 Å². The maximum Gasteiger partial charge on any atom is 0.231 e. The molecule has 1 atom stereocenters. The van der Waals surface area contributed by atoms with Crippen molar-refractivity contribution in [3.8, 4) is 5.75 Å². The summed E-state index contributed by atoms with van der Waals surface area (Å²) in [6.07, 6.45) is 3.01. The first kappa shape index (κ1) is 15.8. The van der Waals surface area contributed by atoms with E-state index < -0.39 is 0 Å². The average Bonchev–Trinajstić information content (AvgIpc) is 2.62. The number of methoxy groups -OCH3 is 1. The summed E-state index contributed by atoms with van der Waals surface area (Å²) in [4.78, 5) is 26.9. The predicted molar refractivity (Wildman–Crippen MR) is 94.6 cm³/mol. The van der Waals surface area contributed by atoms with Crippen LogP contribution in [0.1, 0.15) is 18.4 Å². The Kier molecular flexibility index (Phi) is 4.33. The highest BCUT2D eigenvalue weighted by Gasteiger charge is 2.16. The highest BCUT2D eigenvalue weighted by molar-refractivity contribution is 5.96. The molecule has 0 fully saturated rings. The molecule has 3 aromatic rings. The summed E-state index contributed by atoms with van der Waals surface area (Å²) in [5.74, 6) is 0.194. The van der Waals surface area contributed by atoms with Crippen molar-refractivity contribution < 1.29 is 9.53 Å². The molecule has 5 nitrogen and oxygen atoms in total. The van der Waals surface area contributed by atoms with Gasteiger partial charge in [0.05, 0.1) is 13.0 Å². The van der Waals surface area contributed by atoms with Gasteiger partial charge in [0.1, 0.15) is 11.4 Å². The summed E-state index contributed by atoms with van der Waals surface area (Å²) in [5.41, 5.74) is 0.914. The number of carbonyl (C=O) groups excluding carboxylic acids is 1. The molecule has 122 valence electrons. The SMILES string of the molecule is COc1ccc2cc([C@H](C)C(=O)Nc3c[nH]ccc3=O)ccc2c1. The fourth-order valence-corrected chi connectivity index (χ4v) is 2.54. The van der Waals surface area contributed by atoms with Crippen molar-refractivity contribution in [1.82, 2.24) is 4.98 Å². The minimum absolute atomic E-state index is 0.222. The van der Waals surface area contributed by atoms with E-state index in [2.05, 4.69) is 10.3 Å². The zero-order valence-electron chi connectivity index (χ0n) is 13.5. The summed E-state index contributed by atoms with van der Waals surface area (Å²) in [6.45, 7) is 1.82. The van der Waals surface area contributed by atoms with E-state index in [4.69, 9.17) is 4.74 Å². The van der Waals surface area contributed by atoms with Gasteiger partial charge in [0, 0.05) is 18.5 Å². The maximum atomic E-state index is 12.4. The molecule has 1 aromatic heterocycles. The van der Waals surface area contributed by atoms with Crippen LogP contribution in [0, 0.1) is 0 Å². The molecule has 0 saturated carbocycles. The largest absolute Gasteiger partial charge is 0.497 e. The van der Waals surface area contributed by atoms with Crippen LogP contribution >= 0.6 is 0 Å². The number of pyridine rings is 1. The monoisotopic (exact) mass is 322 g/mol. The molecule has 5 heteroatoms. The van der Waals surface area contributed by atoms with E-state index in [1.54, 1.807) is 7.11 Å². The van der Waals surface area contributed by atoms with Crippen LogP contribution in [-0.4, -0.2) is 18.0 Å². The Hall–Kier alpha value is -3.08. The lowest BCUT2D eigenvalue weighted by Crippen LogP contribution is -2.22. The average molecular weight is 322 g/mol. The molecule has 24 heavy (non-hydrogen) atoms. The van der Waals surface area contributed by atoms with Gasteiger partial charge >= 0.3 is 0 Å². The van der Waals surface area contributed by atoms with Crippen LogP contribution < -0.4 is 15.5 Å². The van der Waals surface area contributed by atoms with E-state index in [1.165, 1.54) is 18.5 Å². The molecule has 0 radical (unpaired) electrons. The number of nitrogens with one attached hydrogen (secondary N) is 2. The van der Waals surface area contributed by atoms with Gasteiger partial charge in [0.15, 0.2) is 0 Å². The second-order valence-electron chi connectivity index (χ2n) is 5.61. The number of aromatic nitrogens is 1. The van der Waals surface area contributed by atoms with Crippen molar-refractivity contribution in [3.63, 3.8) is 0 Å². The van der Waals surface area contributed by atoms with Gasteiger partial charge in [0.2, 0.25) is 11.3 Å². The Morgan fingerprint density at radius 3 is 2.62 bits per heavy atom. The number of amides is 1. The Morgan fingerprint density at radius 1 is 1.12 bits per heavy atom. The summed E-state index contributed by atoms with van der Waals surface area (Å²) in [6, 6.07) is 13.0. The molecule has 0 aliphatic carbocycles. The van der Waals surface area contributed by atoms with Gasteiger partial charge in [-0.25, -0.2) is 0 Å². The number of aromatic amines is 1. The summed E-state index contributed by atoms with van der Waals surface area (Å²) in [5, 5.41) is 4.75. The molecule has 0 saturated heterocycles. The van der Waals surface area contributed by atoms with Gasteiger partial charge in [-0.05, 0) is 35.4 Å². The summed E-state index contributed by atoms with van der Waals surface area (Å²) < 4.78 is 5.22. The van der Waals surface area contributed by atoms with E-state index >= 15 is 0 Å². The summed E-state index contributed by atoms with van der Waals surface area (Å²) in [7, 11) is 1.63. The number of hydrogen-bond acceptors (Lipinski definition) is 3. The van der Waals surface area contributed by atoms with Crippen LogP contribution in [0.15, 0.2) is 59.7 Å². The van der Waals surface area contributed by atoms with Gasteiger partial charge in [0.25, 0.3) is 0 Å². The number of H-pyrrole nitrogens is 1. The molecule has 0 bridgehead atoms. The summed E-state index contributed by atoms with van der Waals surface area (Å²) >= 11 is 0. The van der Waals surface area contributed by atoms with Crippen LogP contribution in [0.5, 0.6) is 5.75 Å². The lowest BCUT2D eigenvalue weighted by Gasteiger charge is -2.13. The molecule has 0 spiro atoms. The zero-order chi connectivity index (χ0) is 17.1. The molecule has 0 unspecified atom stereocenters. The number of ether oxygens (including phenoxy) is 1. The second-order valence-corrected chi connectivity index (χ2v) is 5.61. The van der Waals surface area contributed by atoms with Gasteiger partial charge in [-0.3, -0.25) is 9.59 Å². The Morgan fingerprint density at radius 2 is 1.88 bits per heavy atom. The van der Waals surface area contributed by atoms with Crippen molar-refractivity contribution in [1.29, 1.82) is 0 Å². The standard InChI is InChI=1S/C19H18N2O3/c1-12(19(23)21-17-11-20-8-7-18(17)22)13-3-4-15-10-16(24-2)6-5-14(15)9-13/h3-12H,1-2H3,(H,20,22)(H,21,23)/t12-/m0/s1. The number of fused-ring (bicyclic) bond motifs is 1. The van der Waals surface area contributed by atoms with Crippen molar-refractivity contribution in [3.05, 3.63) is 70.6 Å². The van der Waals surface area contributed by atoms with E-state index in [9.17, 15) is 9.59 Å². The number of hydrogen-bond donors (Lipinski definition) is 2. The molecule has 1 heterocycles. The predicted octanol–water partition coefficient (Wildman–Crippen LogP) is 3.28. The fourth-order valence-electron chi connectivity index (χ4n) is 2.54. The second kappa shape index (κ2) is 6.58. The molecule has 0 aliphatic rings. The first-order chi connectivity index (χ1) is 11.6. The highest BCUT2D eigenvalue weighted by atomic mass is 16.5. The normalized spacial score (nSPS) is 11.9. The topological polar surface area (TPSA) is 71.2 Å². The van der Waals surface area contributed by atoms with Crippen LogP contribution in [0.3, 0.4) is 0 Å². The van der Waals surface area contributed by atoms with Gasteiger partial charge in [-0.1, -0.05) is 24.3 Å². The lowest BCUT2D eigenvalue weighted by atomic mass is 9.97. The quantitative estimate of drug-likeness (QED) is 0.774. The smallest absolute Gasteiger partial charge is 0.231 e. The van der Waals surface area contributed by atoms with Crippen molar-refractivity contribution >= 4 is 22.4 Å². The van der Waals surface area contributed by atoms with Crippen LogP contribution in [0.4, 0.5) is 5.69 Å². The van der Waals surface area contributed by atoms with Gasteiger partial charge in [-0.2, -0.15) is 0 Å². The fraction of sp³-hybridized carbons (Fsp3) is 0.158. The third-order valence-electron chi connectivity index (χ3n) is 4.05. The molecular weight excluding hydrogens is 304 g/mol. The Bertz CT molecular complexity index is 946. The van der Waals surface area contributed by atoms with Crippen LogP contribution in [-0.2, 0) is 4.79 Å². The third-order valence-corrected chi connectivity index (χ3v) is 4.05. The molecule has 2 N–H and O–H groups in total. The van der Waals surface area contributed by atoms with Gasteiger partial charge in [-0.15, -0.1) is 0 Å². The Balaban J connectivity index is 1.85. The molecule has 0 aliphatic heterocycles. The first-order valence-corrected chi connectivity index (χ1v) is 7.64. The minimum Gasteiger partial charge on any atom is -0.497 e. The molecule has 3 rings (SSSR count). The number of benzene rings is 2. The van der Waals surface area contributed by atoms with E-state index in [0.717, 1.165) is 22.1 Å². The van der Waals surface area contributed by atoms with Crippen molar-refractivity contribution in [2.24, 2.45) is 0 Å². The number of anilines is 1.